The van der Waals surface area contributed by atoms with Gasteiger partial charge in [0.15, 0.2) is 0 Å². The van der Waals surface area contributed by atoms with Crippen molar-refractivity contribution < 1.29 is 31.5 Å². The Kier molecular flexibility index (Phi) is 6.18. The number of imidazole rings is 1. The fourth-order valence-corrected chi connectivity index (χ4v) is 4.59. The molecule has 1 unspecified atom stereocenters. The average molecular weight is 547 g/mol. The molecule has 1 atom stereocenters. The number of aryl methyl sites for hydroxylation is 1. The molecule has 5 rings (SSSR count). The molecule has 0 bridgehead atoms. The summed E-state index contributed by atoms with van der Waals surface area (Å²) < 4.78 is 69.4. The number of benzene rings is 3. The molecule has 194 valence electrons. The highest BCUT2D eigenvalue weighted by atomic mass is 35.5. The van der Waals surface area contributed by atoms with Gasteiger partial charge in [0.25, 0.3) is 11.8 Å². The minimum Gasteiger partial charge on any atom is -0.341 e. The van der Waals surface area contributed by atoms with Crippen LogP contribution in [0.15, 0.2) is 61.1 Å². The summed E-state index contributed by atoms with van der Waals surface area (Å²) in [6, 6.07) is 7.10. The van der Waals surface area contributed by atoms with Crippen LogP contribution in [0.3, 0.4) is 0 Å². The Labute approximate surface area is 217 Å². The fourth-order valence-electron chi connectivity index (χ4n) is 4.37. The average Bonchev–Trinajstić information content (AvgIpc) is 3.42. The molecule has 1 aliphatic heterocycles. The normalized spacial score (nSPS) is 14.8. The number of carbonyl (C=O) groups excluding carboxylic acids is 2. The van der Waals surface area contributed by atoms with E-state index in [2.05, 4.69) is 15.6 Å². The predicted molar refractivity (Wildman–Crippen MR) is 129 cm³/mol. The lowest BCUT2D eigenvalue weighted by atomic mass is 9.93. The lowest BCUT2D eigenvalue weighted by Gasteiger charge is -2.19. The summed E-state index contributed by atoms with van der Waals surface area (Å²) in [5, 5.41) is 5.36. The second-order valence-corrected chi connectivity index (χ2v) is 9.03. The molecular formula is C26H16ClF5N4O2. The van der Waals surface area contributed by atoms with Crippen LogP contribution in [0.4, 0.5) is 27.6 Å². The Balaban J connectivity index is 1.66. The van der Waals surface area contributed by atoms with Crippen LogP contribution in [-0.4, -0.2) is 21.4 Å². The van der Waals surface area contributed by atoms with E-state index in [1.807, 2.05) is 0 Å². The van der Waals surface area contributed by atoms with Crippen molar-refractivity contribution >= 4 is 29.1 Å². The van der Waals surface area contributed by atoms with E-state index >= 15 is 0 Å². The highest BCUT2D eigenvalue weighted by Crippen LogP contribution is 2.42. The van der Waals surface area contributed by atoms with Crippen LogP contribution in [0, 0.1) is 11.6 Å². The molecule has 0 radical (unpaired) electrons. The molecular weight excluding hydrogens is 531 g/mol. The van der Waals surface area contributed by atoms with E-state index in [0.717, 1.165) is 12.1 Å². The number of nitrogens with zero attached hydrogens (tertiary/aromatic N) is 2. The molecule has 1 aromatic heterocycles. The van der Waals surface area contributed by atoms with Crippen molar-refractivity contribution in [3.8, 4) is 11.3 Å². The first kappa shape index (κ1) is 25.4. The molecule has 2 N–H and O–H groups in total. The van der Waals surface area contributed by atoms with Crippen LogP contribution in [0.2, 0.25) is 5.02 Å². The SMILES string of the molecule is Cn1cncc1-c1cc(NC(=O)c2cc(F)cc(C(F)(F)F)c2)c2c(c1)C(=O)NC2c1cc(F)ccc1Cl. The number of carbonyl (C=O) groups is 2. The summed E-state index contributed by atoms with van der Waals surface area (Å²) in [5.74, 6) is -3.47. The molecule has 6 nitrogen and oxygen atoms in total. The molecule has 0 saturated carbocycles. The molecule has 2 amide bonds. The minimum atomic E-state index is -4.88. The van der Waals surface area contributed by atoms with Crippen LogP contribution >= 0.6 is 11.6 Å². The zero-order valence-electron chi connectivity index (χ0n) is 19.3. The van der Waals surface area contributed by atoms with Gasteiger partial charge in [-0.1, -0.05) is 11.6 Å². The summed E-state index contributed by atoms with van der Waals surface area (Å²) >= 11 is 6.29. The molecule has 4 aromatic rings. The summed E-state index contributed by atoms with van der Waals surface area (Å²) in [7, 11) is 1.70. The van der Waals surface area contributed by atoms with Gasteiger partial charge in [-0.25, -0.2) is 13.8 Å². The first-order valence-corrected chi connectivity index (χ1v) is 11.4. The van der Waals surface area contributed by atoms with Crippen molar-refractivity contribution in [3.05, 3.63) is 106 Å². The Morgan fingerprint density at radius 3 is 2.53 bits per heavy atom. The van der Waals surface area contributed by atoms with Crippen LogP contribution in [0.1, 0.15) is 43.4 Å². The van der Waals surface area contributed by atoms with E-state index in [0.29, 0.717) is 23.4 Å². The van der Waals surface area contributed by atoms with Gasteiger partial charge in [-0.3, -0.25) is 9.59 Å². The van der Waals surface area contributed by atoms with E-state index in [9.17, 15) is 31.5 Å². The van der Waals surface area contributed by atoms with Crippen LogP contribution in [0.5, 0.6) is 0 Å². The maximum atomic E-state index is 14.1. The molecule has 0 spiro atoms. The van der Waals surface area contributed by atoms with Crippen molar-refractivity contribution in [1.29, 1.82) is 0 Å². The van der Waals surface area contributed by atoms with Crippen molar-refractivity contribution in [1.82, 2.24) is 14.9 Å². The number of fused-ring (bicyclic) bond motifs is 1. The standard InChI is InChI=1S/C26H16ClF5N4O2/c1-36-11-33-10-21(36)12-6-18-22(23(35-25(18)38)17-9-15(28)2-3-19(17)27)20(7-12)34-24(37)13-4-14(26(30,31)32)8-16(29)5-13/h2-11,23H,1H3,(H,34,37)(H,35,38). The first-order valence-electron chi connectivity index (χ1n) is 11.0. The van der Waals surface area contributed by atoms with E-state index in [1.165, 1.54) is 24.7 Å². The van der Waals surface area contributed by atoms with Crippen molar-refractivity contribution in [2.45, 2.75) is 12.2 Å². The van der Waals surface area contributed by atoms with Gasteiger partial charge < -0.3 is 15.2 Å². The third kappa shape index (κ3) is 4.60. The smallest absolute Gasteiger partial charge is 0.341 e. The number of anilines is 1. The number of aromatic nitrogens is 2. The van der Waals surface area contributed by atoms with Gasteiger partial charge in [0, 0.05) is 45.6 Å². The van der Waals surface area contributed by atoms with E-state index in [-0.39, 0.29) is 33.5 Å². The van der Waals surface area contributed by atoms with Gasteiger partial charge in [0.1, 0.15) is 11.6 Å². The van der Waals surface area contributed by atoms with Gasteiger partial charge in [0.05, 0.1) is 29.8 Å². The zero-order valence-corrected chi connectivity index (χ0v) is 20.1. The number of amides is 2. The topological polar surface area (TPSA) is 76.0 Å². The third-order valence-electron chi connectivity index (χ3n) is 6.11. The van der Waals surface area contributed by atoms with Gasteiger partial charge in [-0.15, -0.1) is 0 Å². The molecule has 2 heterocycles. The van der Waals surface area contributed by atoms with Crippen LogP contribution < -0.4 is 10.6 Å². The zero-order chi connectivity index (χ0) is 27.4. The number of nitrogens with one attached hydrogen (secondary N) is 2. The molecule has 12 heteroatoms. The number of alkyl halides is 3. The molecule has 38 heavy (non-hydrogen) atoms. The number of rotatable bonds is 4. The molecule has 3 aromatic carbocycles. The third-order valence-corrected chi connectivity index (χ3v) is 6.45. The Bertz CT molecular complexity index is 1620. The highest BCUT2D eigenvalue weighted by Gasteiger charge is 2.36. The summed E-state index contributed by atoms with van der Waals surface area (Å²) in [6.45, 7) is 0. The van der Waals surface area contributed by atoms with Crippen molar-refractivity contribution in [2.75, 3.05) is 5.32 Å². The second kappa shape index (κ2) is 9.25. The molecule has 0 saturated heterocycles. The fraction of sp³-hybridized carbons (Fsp3) is 0.115. The van der Waals surface area contributed by atoms with Gasteiger partial charge in [0.2, 0.25) is 0 Å². The van der Waals surface area contributed by atoms with Crippen LogP contribution in [-0.2, 0) is 13.2 Å². The predicted octanol–water partition coefficient (Wildman–Crippen LogP) is 6.12. The van der Waals surface area contributed by atoms with Crippen molar-refractivity contribution in [3.63, 3.8) is 0 Å². The molecule has 0 aliphatic carbocycles. The highest BCUT2D eigenvalue weighted by molar-refractivity contribution is 6.31. The maximum absolute atomic E-state index is 14.1. The summed E-state index contributed by atoms with van der Waals surface area (Å²) in [4.78, 5) is 30.1. The lowest BCUT2D eigenvalue weighted by Crippen LogP contribution is -2.21. The summed E-state index contributed by atoms with van der Waals surface area (Å²) in [6.07, 6.45) is -1.85. The molecule has 0 fully saturated rings. The monoisotopic (exact) mass is 546 g/mol. The number of hydrogen-bond acceptors (Lipinski definition) is 3. The molecule has 1 aliphatic rings. The summed E-state index contributed by atoms with van der Waals surface area (Å²) in [5.41, 5.74) is -0.331. The number of halogens is 6. The number of hydrogen-bond donors (Lipinski definition) is 2. The van der Waals surface area contributed by atoms with E-state index in [1.54, 1.807) is 17.7 Å². The quantitative estimate of drug-likeness (QED) is 0.303. The van der Waals surface area contributed by atoms with E-state index in [4.69, 9.17) is 11.6 Å². The second-order valence-electron chi connectivity index (χ2n) is 8.63. The van der Waals surface area contributed by atoms with E-state index < -0.39 is 46.8 Å². The van der Waals surface area contributed by atoms with Crippen molar-refractivity contribution in [2.24, 2.45) is 7.05 Å². The first-order chi connectivity index (χ1) is 17.9. The lowest BCUT2D eigenvalue weighted by molar-refractivity contribution is -0.137. The van der Waals surface area contributed by atoms with Gasteiger partial charge >= 0.3 is 6.18 Å². The minimum absolute atomic E-state index is 0.0326. The van der Waals surface area contributed by atoms with Gasteiger partial charge in [-0.2, -0.15) is 13.2 Å². The largest absolute Gasteiger partial charge is 0.416 e. The Morgan fingerprint density at radius 1 is 1.08 bits per heavy atom. The van der Waals surface area contributed by atoms with Crippen LogP contribution in [0.25, 0.3) is 11.3 Å². The van der Waals surface area contributed by atoms with Gasteiger partial charge in [-0.05, 0) is 48.5 Å². The Hall–Kier alpha value is -4.25. The maximum Gasteiger partial charge on any atom is 0.416 e. The Morgan fingerprint density at radius 2 is 1.84 bits per heavy atom.